The van der Waals surface area contributed by atoms with Crippen molar-refractivity contribution in [1.29, 1.82) is 0 Å². The number of carbonyl (C=O) groups excluding carboxylic acids is 1. The Kier molecular flexibility index (Phi) is 5.51. The van der Waals surface area contributed by atoms with Gasteiger partial charge in [0.15, 0.2) is 0 Å². The van der Waals surface area contributed by atoms with Crippen molar-refractivity contribution in [2.45, 2.75) is 19.4 Å². The number of piperidine rings is 1. The smallest absolute Gasteiger partial charge is 0.277 e. The summed E-state index contributed by atoms with van der Waals surface area (Å²) in [6, 6.07) is 3.70. The van der Waals surface area contributed by atoms with Gasteiger partial charge in [0.2, 0.25) is 15.9 Å². The summed E-state index contributed by atoms with van der Waals surface area (Å²) in [6.07, 6.45) is 2.06. The molecule has 3 rings (SSSR count). The Bertz CT molecular complexity index is 1020. The normalized spacial score (nSPS) is 16.5. The number of hydrogen-bond donors (Lipinski definition) is 1. The highest BCUT2D eigenvalue weighted by Gasteiger charge is 2.28. The lowest BCUT2D eigenvalue weighted by atomic mass is 9.97. The van der Waals surface area contributed by atoms with Crippen LogP contribution in [0.2, 0.25) is 0 Å². The van der Waals surface area contributed by atoms with Crippen LogP contribution in [0.25, 0.3) is 10.9 Å². The van der Waals surface area contributed by atoms with E-state index in [1.54, 1.807) is 0 Å². The number of nitrogens with one attached hydrogen (secondary N) is 1. The van der Waals surface area contributed by atoms with Gasteiger partial charge in [-0.2, -0.15) is 0 Å². The number of carbonyl (C=O) groups is 1. The van der Waals surface area contributed by atoms with E-state index in [0.717, 1.165) is 17.0 Å². The quantitative estimate of drug-likeness (QED) is 0.742. The lowest BCUT2D eigenvalue weighted by Crippen LogP contribution is -2.43. The molecule has 0 saturated carbocycles. The molecule has 0 unspecified atom stereocenters. The molecule has 1 aliphatic heterocycles. The van der Waals surface area contributed by atoms with Crippen molar-refractivity contribution >= 4 is 26.8 Å². The Morgan fingerprint density at radius 1 is 1.33 bits per heavy atom. The fraction of sp³-hybridized carbons (Fsp3) is 0.500. The van der Waals surface area contributed by atoms with Gasteiger partial charge in [-0.3, -0.25) is 9.59 Å². The van der Waals surface area contributed by atoms with Gasteiger partial charge in [0.25, 0.3) is 5.56 Å². The molecule has 0 spiro atoms. The van der Waals surface area contributed by atoms with Crippen molar-refractivity contribution < 1.29 is 17.6 Å². The fourth-order valence-corrected chi connectivity index (χ4v) is 3.95. The monoisotopic (exact) mass is 397 g/mol. The van der Waals surface area contributed by atoms with Crippen LogP contribution >= 0.6 is 0 Å². The van der Waals surface area contributed by atoms with E-state index in [9.17, 15) is 22.4 Å². The minimum Gasteiger partial charge on any atom is -0.354 e. The van der Waals surface area contributed by atoms with Gasteiger partial charge < -0.3 is 5.32 Å². The highest BCUT2D eigenvalue weighted by molar-refractivity contribution is 7.88. The number of benzene rings is 1. The van der Waals surface area contributed by atoms with E-state index in [4.69, 9.17) is 0 Å². The summed E-state index contributed by atoms with van der Waals surface area (Å²) in [7, 11) is -3.23. The maximum absolute atomic E-state index is 13.3. The zero-order valence-corrected chi connectivity index (χ0v) is 15.6. The third-order valence-corrected chi connectivity index (χ3v) is 5.90. The lowest BCUT2D eigenvalue weighted by Gasteiger charge is -2.29. The van der Waals surface area contributed by atoms with Crippen LogP contribution in [0, 0.1) is 11.7 Å². The predicted octanol–water partition coefficient (Wildman–Crippen LogP) is -0.282. The zero-order valence-electron chi connectivity index (χ0n) is 14.8. The first-order chi connectivity index (χ1) is 12.8. The predicted molar refractivity (Wildman–Crippen MR) is 95.9 cm³/mol. The average Bonchev–Trinajstić information content (AvgIpc) is 2.63. The van der Waals surface area contributed by atoms with Crippen LogP contribution < -0.4 is 10.9 Å². The number of fused-ring (bicyclic) bond motifs is 1. The van der Waals surface area contributed by atoms with Crippen LogP contribution in [0.4, 0.5) is 4.39 Å². The Balaban J connectivity index is 1.56. The number of rotatable bonds is 5. The molecule has 1 aliphatic rings. The number of hydrogen-bond acceptors (Lipinski definition) is 6. The molecule has 1 N–H and O–H groups in total. The molecule has 0 radical (unpaired) electrons. The van der Waals surface area contributed by atoms with Crippen molar-refractivity contribution in [2.24, 2.45) is 5.92 Å². The third-order valence-electron chi connectivity index (χ3n) is 4.60. The number of aromatic nitrogens is 3. The van der Waals surface area contributed by atoms with Gasteiger partial charge in [0.05, 0.1) is 18.2 Å². The van der Waals surface area contributed by atoms with Crippen molar-refractivity contribution in [2.75, 3.05) is 25.9 Å². The zero-order chi connectivity index (χ0) is 19.6. The summed E-state index contributed by atoms with van der Waals surface area (Å²) in [5, 5.41) is 10.5. The molecule has 1 aromatic carbocycles. The Labute approximate surface area is 155 Å². The highest BCUT2D eigenvalue weighted by Crippen LogP contribution is 2.19. The minimum atomic E-state index is -3.23. The summed E-state index contributed by atoms with van der Waals surface area (Å²) in [4.78, 5) is 24.5. The molecule has 1 saturated heterocycles. The average molecular weight is 397 g/mol. The standard InChI is InChI=1S/C16H20FN5O4S/c1-27(25,26)21-7-4-11(5-8-21)15(23)18-6-9-22-16(24)13-10-12(17)2-3-14(13)19-20-22/h2-3,10-11H,4-9H2,1H3,(H,18,23). The summed E-state index contributed by atoms with van der Waals surface area (Å²) in [5.41, 5.74) is -0.172. The molecule has 2 heterocycles. The fourth-order valence-electron chi connectivity index (χ4n) is 3.07. The van der Waals surface area contributed by atoms with E-state index in [1.165, 1.54) is 16.4 Å². The number of halogens is 1. The summed E-state index contributed by atoms with van der Waals surface area (Å²) in [6.45, 7) is 0.906. The molecule has 1 fully saturated rings. The van der Waals surface area contributed by atoms with Gasteiger partial charge in [-0.1, -0.05) is 5.21 Å². The Morgan fingerprint density at radius 3 is 2.70 bits per heavy atom. The second-order valence-electron chi connectivity index (χ2n) is 6.51. The maximum Gasteiger partial charge on any atom is 0.277 e. The van der Waals surface area contributed by atoms with E-state index in [0.29, 0.717) is 31.4 Å². The van der Waals surface area contributed by atoms with Gasteiger partial charge in [0.1, 0.15) is 11.3 Å². The van der Waals surface area contributed by atoms with Crippen LogP contribution in [0.1, 0.15) is 12.8 Å². The van der Waals surface area contributed by atoms with Crippen molar-refractivity contribution in [3.8, 4) is 0 Å². The SMILES string of the molecule is CS(=O)(=O)N1CCC(C(=O)NCCn2nnc3ccc(F)cc3c2=O)CC1. The molecule has 146 valence electrons. The van der Waals surface area contributed by atoms with Crippen LogP contribution in [-0.2, 0) is 21.4 Å². The molecule has 1 aromatic heterocycles. The summed E-state index contributed by atoms with van der Waals surface area (Å²) >= 11 is 0. The first-order valence-corrected chi connectivity index (χ1v) is 10.4. The largest absolute Gasteiger partial charge is 0.354 e. The molecule has 0 atom stereocenters. The van der Waals surface area contributed by atoms with Crippen molar-refractivity contribution in [3.63, 3.8) is 0 Å². The van der Waals surface area contributed by atoms with Gasteiger partial charge >= 0.3 is 0 Å². The molecule has 1 amide bonds. The summed E-state index contributed by atoms with van der Waals surface area (Å²) < 4.78 is 38.7. The summed E-state index contributed by atoms with van der Waals surface area (Å²) in [5.74, 6) is -0.986. The van der Waals surface area contributed by atoms with Gasteiger partial charge in [-0.05, 0) is 31.0 Å². The minimum absolute atomic E-state index is 0.103. The molecule has 0 bridgehead atoms. The molecule has 9 nitrogen and oxygen atoms in total. The van der Waals surface area contributed by atoms with E-state index in [1.807, 2.05) is 0 Å². The van der Waals surface area contributed by atoms with Crippen LogP contribution in [0.15, 0.2) is 23.0 Å². The molecule has 11 heteroatoms. The van der Waals surface area contributed by atoms with Crippen molar-refractivity contribution in [1.82, 2.24) is 24.6 Å². The highest BCUT2D eigenvalue weighted by atomic mass is 32.2. The van der Waals surface area contributed by atoms with E-state index >= 15 is 0 Å². The second-order valence-corrected chi connectivity index (χ2v) is 8.49. The lowest BCUT2D eigenvalue weighted by molar-refractivity contribution is -0.126. The van der Waals surface area contributed by atoms with Crippen LogP contribution in [0.5, 0.6) is 0 Å². The van der Waals surface area contributed by atoms with Crippen LogP contribution in [-0.4, -0.2) is 59.5 Å². The first kappa shape index (κ1) is 19.4. The van der Waals surface area contributed by atoms with E-state index in [2.05, 4.69) is 15.6 Å². The number of amides is 1. The van der Waals surface area contributed by atoms with Gasteiger partial charge in [0, 0.05) is 25.6 Å². The second kappa shape index (κ2) is 7.69. The van der Waals surface area contributed by atoms with Crippen LogP contribution in [0.3, 0.4) is 0 Å². The topological polar surface area (TPSA) is 114 Å². The first-order valence-electron chi connectivity index (χ1n) is 8.51. The molecule has 2 aromatic rings. The van der Waals surface area contributed by atoms with Gasteiger partial charge in [-0.15, -0.1) is 5.10 Å². The number of nitrogens with zero attached hydrogens (tertiary/aromatic N) is 4. The molecule has 27 heavy (non-hydrogen) atoms. The van der Waals surface area contributed by atoms with Crippen molar-refractivity contribution in [3.05, 3.63) is 34.4 Å². The molecular weight excluding hydrogens is 377 g/mol. The Hall–Kier alpha value is -2.40. The number of sulfonamides is 1. The maximum atomic E-state index is 13.3. The Morgan fingerprint density at radius 2 is 2.04 bits per heavy atom. The van der Waals surface area contributed by atoms with Gasteiger partial charge in [-0.25, -0.2) is 21.8 Å². The molecule has 0 aliphatic carbocycles. The van der Waals surface area contributed by atoms with E-state index in [-0.39, 0.29) is 30.3 Å². The van der Waals surface area contributed by atoms with E-state index < -0.39 is 21.4 Å². The third kappa shape index (κ3) is 4.48. The molecular formula is C16H20FN5O4S.